The zero-order valence-electron chi connectivity index (χ0n) is 21.1. The number of aryl methyl sites for hydroxylation is 2. The largest absolute Gasteiger partial charge is 0.464 e. The van der Waals surface area contributed by atoms with E-state index in [9.17, 15) is 9.59 Å². The van der Waals surface area contributed by atoms with Crippen LogP contribution < -0.4 is 5.32 Å². The highest BCUT2D eigenvalue weighted by Crippen LogP contribution is 2.32. The molecule has 1 aliphatic rings. The Bertz CT molecular complexity index is 1160. The van der Waals surface area contributed by atoms with E-state index in [1.807, 2.05) is 46.8 Å². The molecule has 35 heavy (non-hydrogen) atoms. The summed E-state index contributed by atoms with van der Waals surface area (Å²) in [5, 5.41) is 15.5. The van der Waals surface area contributed by atoms with Crippen LogP contribution in [0.2, 0.25) is 0 Å². The van der Waals surface area contributed by atoms with Crippen LogP contribution in [-0.4, -0.2) is 48.5 Å². The van der Waals surface area contributed by atoms with Crippen LogP contribution in [0.15, 0.2) is 33.1 Å². The van der Waals surface area contributed by atoms with Crippen LogP contribution in [0.3, 0.4) is 0 Å². The van der Waals surface area contributed by atoms with E-state index in [1.165, 1.54) is 4.80 Å². The number of hydrogen-bond donors (Lipinski definition) is 1. The van der Waals surface area contributed by atoms with E-state index in [-0.39, 0.29) is 24.4 Å². The van der Waals surface area contributed by atoms with Crippen LogP contribution in [0.5, 0.6) is 0 Å². The normalized spacial score (nSPS) is 15.7. The summed E-state index contributed by atoms with van der Waals surface area (Å²) in [5.41, 5.74) is -0.470. The van der Waals surface area contributed by atoms with Crippen molar-refractivity contribution in [1.29, 1.82) is 0 Å². The molecule has 4 rings (SSSR count). The Labute approximate surface area is 205 Å². The maximum Gasteiger partial charge on any atom is 0.251 e. The fourth-order valence-electron chi connectivity index (χ4n) is 4.51. The lowest BCUT2D eigenvalue weighted by atomic mass is 9.92. The molecule has 1 saturated carbocycles. The Balaban J connectivity index is 1.65. The fourth-order valence-corrected chi connectivity index (χ4v) is 4.51. The molecular weight excluding hydrogens is 448 g/mol. The highest BCUT2D eigenvalue weighted by Gasteiger charge is 2.40. The first-order valence-electron chi connectivity index (χ1n) is 12.1. The molecule has 188 valence electrons. The zero-order valence-corrected chi connectivity index (χ0v) is 21.1. The van der Waals surface area contributed by atoms with Gasteiger partial charge in [-0.15, -0.1) is 10.2 Å². The fraction of sp³-hybridized carbons (Fsp3) is 0.560. The monoisotopic (exact) mass is 482 g/mol. The number of carbonyl (C=O) groups excluding carboxylic acids is 2. The van der Waals surface area contributed by atoms with Gasteiger partial charge in [0.2, 0.25) is 11.7 Å². The molecule has 1 fully saturated rings. The molecule has 3 aromatic heterocycles. The smallest absolute Gasteiger partial charge is 0.251 e. The second kappa shape index (κ2) is 10.1. The number of rotatable bonds is 7. The van der Waals surface area contributed by atoms with Gasteiger partial charge in [-0.05, 0) is 76.9 Å². The Morgan fingerprint density at radius 2 is 1.77 bits per heavy atom. The van der Waals surface area contributed by atoms with Gasteiger partial charge in [0.1, 0.15) is 23.8 Å². The summed E-state index contributed by atoms with van der Waals surface area (Å²) in [6.45, 7) is 9.25. The van der Waals surface area contributed by atoms with E-state index < -0.39 is 11.6 Å². The number of aromatic nitrogens is 4. The molecule has 0 radical (unpaired) electrons. The molecule has 1 aliphatic carbocycles. The summed E-state index contributed by atoms with van der Waals surface area (Å²) in [6.07, 6.45) is 4.78. The van der Waals surface area contributed by atoms with Crippen molar-refractivity contribution in [3.8, 4) is 11.6 Å². The van der Waals surface area contributed by atoms with E-state index in [1.54, 1.807) is 17.0 Å². The lowest BCUT2D eigenvalue weighted by Crippen LogP contribution is -2.53. The minimum absolute atomic E-state index is 0.0897. The van der Waals surface area contributed by atoms with Gasteiger partial charge in [0.05, 0.1) is 0 Å². The van der Waals surface area contributed by atoms with E-state index in [4.69, 9.17) is 8.83 Å². The molecule has 10 nitrogen and oxygen atoms in total. The van der Waals surface area contributed by atoms with Crippen molar-refractivity contribution in [2.75, 3.05) is 0 Å². The standard InChI is InChI=1S/C25H34N6O4/c1-16-11-13-19(34-16)22(24(33)26-25(3,4)5)31(18-9-7-6-8-10-18)21(32)15-30-28-23(27-29-30)20-14-12-17(2)35-20/h11-14,18,22H,6-10,15H2,1-5H3,(H,26,33). The van der Waals surface area contributed by atoms with Gasteiger partial charge in [0.25, 0.3) is 5.91 Å². The minimum Gasteiger partial charge on any atom is -0.464 e. The van der Waals surface area contributed by atoms with E-state index in [2.05, 4.69) is 20.7 Å². The van der Waals surface area contributed by atoms with Gasteiger partial charge in [0, 0.05) is 11.6 Å². The summed E-state index contributed by atoms with van der Waals surface area (Å²) < 4.78 is 11.5. The first kappa shape index (κ1) is 24.7. The van der Waals surface area contributed by atoms with E-state index in [0.717, 1.165) is 37.9 Å². The summed E-state index contributed by atoms with van der Waals surface area (Å²) in [7, 11) is 0. The molecular formula is C25H34N6O4. The molecule has 0 aliphatic heterocycles. The summed E-state index contributed by atoms with van der Waals surface area (Å²) >= 11 is 0. The van der Waals surface area contributed by atoms with Crippen molar-refractivity contribution in [2.24, 2.45) is 0 Å². The molecule has 1 N–H and O–H groups in total. The predicted octanol–water partition coefficient (Wildman–Crippen LogP) is 3.96. The number of carbonyl (C=O) groups is 2. The highest BCUT2D eigenvalue weighted by atomic mass is 16.3. The lowest BCUT2D eigenvalue weighted by molar-refractivity contribution is -0.146. The molecule has 0 aromatic carbocycles. The Morgan fingerprint density at radius 1 is 1.09 bits per heavy atom. The maximum absolute atomic E-state index is 13.8. The van der Waals surface area contributed by atoms with Gasteiger partial charge < -0.3 is 19.1 Å². The summed E-state index contributed by atoms with van der Waals surface area (Å²) in [6, 6.07) is 6.18. The number of tetrazole rings is 1. The Morgan fingerprint density at radius 3 is 2.37 bits per heavy atom. The average Bonchev–Trinajstić information content (AvgIpc) is 3.52. The number of amides is 2. The third-order valence-electron chi connectivity index (χ3n) is 6.00. The predicted molar refractivity (Wildman–Crippen MR) is 128 cm³/mol. The molecule has 3 heterocycles. The average molecular weight is 483 g/mol. The first-order chi connectivity index (χ1) is 16.6. The maximum atomic E-state index is 13.8. The van der Waals surface area contributed by atoms with Crippen molar-refractivity contribution >= 4 is 11.8 Å². The molecule has 10 heteroatoms. The Kier molecular flexibility index (Phi) is 7.09. The molecule has 1 atom stereocenters. The van der Waals surface area contributed by atoms with Crippen LogP contribution in [0.25, 0.3) is 11.6 Å². The van der Waals surface area contributed by atoms with Crippen LogP contribution in [0.1, 0.15) is 76.2 Å². The molecule has 0 spiro atoms. The number of nitrogens with zero attached hydrogens (tertiary/aromatic N) is 5. The SMILES string of the molecule is Cc1ccc(-c2nnn(CC(=O)N(C3CCCCC3)C(C(=O)NC(C)(C)C)c3ccc(C)o3)n2)o1. The van der Waals surface area contributed by atoms with Crippen LogP contribution in [-0.2, 0) is 16.1 Å². The molecule has 1 unspecified atom stereocenters. The van der Waals surface area contributed by atoms with Gasteiger partial charge in [-0.2, -0.15) is 4.80 Å². The second-order valence-electron chi connectivity index (χ2n) is 10.2. The molecule has 2 amide bonds. The third-order valence-corrected chi connectivity index (χ3v) is 6.00. The van der Waals surface area contributed by atoms with E-state index >= 15 is 0 Å². The van der Waals surface area contributed by atoms with Gasteiger partial charge in [-0.3, -0.25) is 9.59 Å². The summed E-state index contributed by atoms with van der Waals surface area (Å²) in [4.78, 5) is 30.3. The van der Waals surface area contributed by atoms with Gasteiger partial charge in [0.15, 0.2) is 11.8 Å². The van der Waals surface area contributed by atoms with Crippen molar-refractivity contribution in [2.45, 2.75) is 90.9 Å². The van der Waals surface area contributed by atoms with Crippen molar-refractivity contribution in [3.63, 3.8) is 0 Å². The summed E-state index contributed by atoms with van der Waals surface area (Å²) in [5.74, 6) is 2.11. The number of hydrogen-bond acceptors (Lipinski definition) is 7. The molecule has 0 bridgehead atoms. The van der Waals surface area contributed by atoms with Crippen LogP contribution >= 0.6 is 0 Å². The Hall–Kier alpha value is -3.43. The lowest BCUT2D eigenvalue weighted by Gasteiger charge is -2.39. The zero-order chi connectivity index (χ0) is 25.2. The van der Waals surface area contributed by atoms with Crippen LogP contribution in [0, 0.1) is 13.8 Å². The second-order valence-corrected chi connectivity index (χ2v) is 10.2. The van der Waals surface area contributed by atoms with Crippen molar-refractivity contribution in [1.82, 2.24) is 30.4 Å². The minimum atomic E-state index is -0.894. The number of furan rings is 2. The van der Waals surface area contributed by atoms with Crippen LogP contribution in [0.4, 0.5) is 0 Å². The van der Waals surface area contributed by atoms with Gasteiger partial charge in [-0.25, -0.2) is 0 Å². The van der Waals surface area contributed by atoms with Crippen molar-refractivity contribution in [3.05, 3.63) is 41.5 Å². The van der Waals surface area contributed by atoms with Crippen molar-refractivity contribution < 1.29 is 18.4 Å². The highest BCUT2D eigenvalue weighted by molar-refractivity contribution is 5.88. The molecule has 0 saturated heterocycles. The topological polar surface area (TPSA) is 119 Å². The van der Waals surface area contributed by atoms with E-state index in [0.29, 0.717) is 23.1 Å². The third kappa shape index (κ3) is 5.98. The number of nitrogens with one attached hydrogen (secondary N) is 1. The van der Waals surface area contributed by atoms with Gasteiger partial charge in [-0.1, -0.05) is 19.3 Å². The van der Waals surface area contributed by atoms with Gasteiger partial charge >= 0.3 is 0 Å². The quantitative estimate of drug-likeness (QED) is 0.541. The molecule has 3 aromatic rings. The first-order valence-corrected chi connectivity index (χ1v) is 12.1.